The van der Waals surface area contributed by atoms with Crippen LogP contribution in [0.5, 0.6) is 0 Å². The van der Waals surface area contributed by atoms with Crippen molar-refractivity contribution in [2.24, 2.45) is 11.8 Å². The van der Waals surface area contributed by atoms with E-state index in [0.29, 0.717) is 6.42 Å². The molecule has 1 saturated carbocycles. The second-order valence-electron chi connectivity index (χ2n) is 5.56. The summed E-state index contributed by atoms with van der Waals surface area (Å²) in [5.74, 6) is 1.66. The van der Waals surface area contributed by atoms with Gasteiger partial charge in [0.25, 0.3) is 0 Å². The molecule has 3 unspecified atom stereocenters. The lowest BCUT2D eigenvalue weighted by atomic mass is 9.81. The molecule has 1 aliphatic rings. The van der Waals surface area contributed by atoms with Crippen LogP contribution in [-0.2, 0) is 9.53 Å². The van der Waals surface area contributed by atoms with Gasteiger partial charge < -0.3 is 10.1 Å². The summed E-state index contributed by atoms with van der Waals surface area (Å²) in [5.41, 5.74) is 0. The second-order valence-corrected chi connectivity index (χ2v) is 5.56. The van der Waals surface area contributed by atoms with Crippen molar-refractivity contribution in [3.63, 3.8) is 0 Å². The fraction of sp³-hybridized carbons (Fsp3) is 0.929. The maximum atomic E-state index is 11.1. The fourth-order valence-electron chi connectivity index (χ4n) is 2.76. The van der Waals surface area contributed by atoms with Crippen LogP contribution < -0.4 is 5.32 Å². The Morgan fingerprint density at radius 2 is 2.24 bits per heavy atom. The van der Waals surface area contributed by atoms with Crippen molar-refractivity contribution in [3.05, 3.63) is 0 Å². The average Bonchev–Trinajstić information content (AvgIpc) is 2.29. The molecule has 3 heteroatoms. The molecule has 0 aromatic rings. The molecular formula is C14H27NO2. The Labute approximate surface area is 105 Å². The van der Waals surface area contributed by atoms with Crippen LogP contribution in [0.3, 0.4) is 0 Å². The number of carbonyl (C=O) groups is 1. The van der Waals surface area contributed by atoms with Crippen molar-refractivity contribution in [1.29, 1.82) is 0 Å². The van der Waals surface area contributed by atoms with Crippen LogP contribution in [0.1, 0.15) is 52.4 Å². The zero-order valence-electron chi connectivity index (χ0n) is 11.5. The third-order valence-corrected chi connectivity index (χ3v) is 3.79. The van der Waals surface area contributed by atoms with E-state index in [1.165, 1.54) is 39.2 Å². The Balaban J connectivity index is 2.08. The van der Waals surface area contributed by atoms with Gasteiger partial charge in [0.2, 0.25) is 0 Å². The summed E-state index contributed by atoms with van der Waals surface area (Å²) >= 11 is 0. The zero-order valence-corrected chi connectivity index (χ0v) is 11.5. The number of hydrogen-bond acceptors (Lipinski definition) is 3. The highest BCUT2D eigenvalue weighted by atomic mass is 16.5. The van der Waals surface area contributed by atoms with Gasteiger partial charge in [-0.2, -0.15) is 0 Å². The lowest BCUT2D eigenvalue weighted by Gasteiger charge is -2.27. The quantitative estimate of drug-likeness (QED) is 0.727. The minimum Gasteiger partial charge on any atom is -0.469 e. The third-order valence-electron chi connectivity index (χ3n) is 3.79. The van der Waals surface area contributed by atoms with Crippen LogP contribution in [0.4, 0.5) is 0 Å². The molecule has 0 aromatic carbocycles. The van der Waals surface area contributed by atoms with Crippen molar-refractivity contribution >= 4 is 5.97 Å². The highest BCUT2D eigenvalue weighted by Gasteiger charge is 2.18. The standard InChI is InChI=1S/C14H27NO2/c1-11-5-4-6-13(9-11)7-8-15-12(2)10-14(16)17-3/h11-13,15H,4-10H2,1-3H3. The number of esters is 1. The van der Waals surface area contributed by atoms with Gasteiger partial charge >= 0.3 is 5.97 Å². The molecule has 0 aliphatic heterocycles. The number of ether oxygens (including phenoxy) is 1. The van der Waals surface area contributed by atoms with E-state index in [0.717, 1.165) is 18.4 Å². The van der Waals surface area contributed by atoms with Crippen LogP contribution >= 0.6 is 0 Å². The molecule has 1 fully saturated rings. The Bertz CT molecular complexity index is 230. The van der Waals surface area contributed by atoms with Crippen LogP contribution in [0.25, 0.3) is 0 Å². The highest BCUT2D eigenvalue weighted by Crippen LogP contribution is 2.30. The van der Waals surface area contributed by atoms with E-state index in [1.807, 2.05) is 6.92 Å². The van der Waals surface area contributed by atoms with E-state index in [-0.39, 0.29) is 12.0 Å². The monoisotopic (exact) mass is 241 g/mol. The first kappa shape index (κ1) is 14.5. The van der Waals surface area contributed by atoms with Crippen LogP contribution in [-0.4, -0.2) is 25.7 Å². The topological polar surface area (TPSA) is 38.3 Å². The molecule has 0 bridgehead atoms. The molecule has 0 radical (unpaired) electrons. The Kier molecular flexibility index (Phi) is 6.56. The summed E-state index contributed by atoms with van der Waals surface area (Å²) in [7, 11) is 1.44. The molecule has 0 heterocycles. The summed E-state index contributed by atoms with van der Waals surface area (Å²) in [5, 5.41) is 3.41. The largest absolute Gasteiger partial charge is 0.469 e. The zero-order chi connectivity index (χ0) is 12.7. The van der Waals surface area contributed by atoms with Crippen molar-refractivity contribution < 1.29 is 9.53 Å². The lowest BCUT2D eigenvalue weighted by molar-refractivity contribution is -0.141. The Morgan fingerprint density at radius 1 is 1.47 bits per heavy atom. The van der Waals surface area contributed by atoms with Gasteiger partial charge in [0.1, 0.15) is 0 Å². The van der Waals surface area contributed by atoms with Gasteiger partial charge in [-0.1, -0.05) is 26.2 Å². The normalized spacial score (nSPS) is 26.5. The molecule has 0 amide bonds. The number of rotatable bonds is 6. The summed E-state index contributed by atoms with van der Waals surface area (Å²) in [6.07, 6.45) is 7.28. The van der Waals surface area contributed by atoms with Crippen LogP contribution in [0.15, 0.2) is 0 Å². The Hall–Kier alpha value is -0.570. The van der Waals surface area contributed by atoms with Gasteiger partial charge in [-0.15, -0.1) is 0 Å². The second kappa shape index (κ2) is 7.70. The molecule has 1 aliphatic carbocycles. The minimum atomic E-state index is -0.128. The molecule has 0 saturated heterocycles. The molecule has 0 spiro atoms. The van der Waals surface area contributed by atoms with Gasteiger partial charge in [0.15, 0.2) is 0 Å². The maximum absolute atomic E-state index is 11.1. The van der Waals surface area contributed by atoms with Gasteiger partial charge in [0.05, 0.1) is 13.5 Å². The SMILES string of the molecule is COC(=O)CC(C)NCCC1CCCC(C)C1. The van der Waals surface area contributed by atoms with E-state index in [4.69, 9.17) is 0 Å². The van der Waals surface area contributed by atoms with Crippen molar-refractivity contribution in [2.45, 2.75) is 58.4 Å². The van der Waals surface area contributed by atoms with E-state index in [9.17, 15) is 4.79 Å². The first-order valence-electron chi connectivity index (χ1n) is 6.92. The molecule has 1 rings (SSSR count). The van der Waals surface area contributed by atoms with E-state index in [1.54, 1.807) is 0 Å². The predicted molar refractivity (Wildman–Crippen MR) is 69.8 cm³/mol. The molecule has 3 nitrogen and oxygen atoms in total. The van der Waals surface area contributed by atoms with Crippen molar-refractivity contribution in [3.8, 4) is 0 Å². The van der Waals surface area contributed by atoms with E-state index >= 15 is 0 Å². The summed E-state index contributed by atoms with van der Waals surface area (Å²) in [6, 6.07) is 0.225. The number of methoxy groups -OCH3 is 1. The highest BCUT2D eigenvalue weighted by molar-refractivity contribution is 5.69. The number of hydrogen-bond donors (Lipinski definition) is 1. The van der Waals surface area contributed by atoms with Crippen LogP contribution in [0, 0.1) is 11.8 Å². The third kappa shape index (κ3) is 6.06. The first-order valence-corrected chi connectivity index (χ1v) is 6.92. The molecule has 100 valence electrons. The van der Waals surface area contributed by atoms with E-state index in [2.05, 4.69) is 17.0 Å². The van der Waals surface area contributed by atoms with E-state index < -0.39 is 0 Å². The molecular weight excluding hydrogens is 214 g/mol. The summed E-state index contributed by atoms with van der Waals surface area (Å²) in [4.78, 5) is 11.1. The van der Waals surface area contributed by atoms with Gasteiger partial charge in [-0.3, -0.25) is 4.79 Å². The number of nitrogens with one attached hydrogen (secondary N) is 1. The van der Waals surface area contributed by atoms with Crippen LogP contribution in [0.2, 0.25) is 0 Å². The molecule has 1 N–H and O–H groups in total. The predicted octanol–water partition coefficient (Wildman–Crippen LogP) is 2.74. The minimum absolute atomic E-state index is 0.128. The lowest BCUT2D eigenvalue weighted by Crippen LogP contribution is -2.31. The first-order chi connectivity index (χ1) is 8.11. The van der Waals surface area contributed by atoms with Crippen molar-refractivity contribution in [2.75, 3.05) is 13.7 Å². The van der Waals surface area contributed by atoms with Crippen molar-refractivity contribution in [1.82, 2.24) is 5.32 Å². The smallest absolute Gasteiger partial charge is 0.307 e. The van der Waals surface area contributed by atoms with Gasteiger partial charge in [0, 0.05) is 6.04 Å². The van der Waals surface area contributed by atoms with Gasteiger partial charge in [-0.25, -0.2) is 0 Å². The fourth-order valence-corrected chi connectivity index (χ4v) is 2.76. The molecule has 0 aromatic heterocycles. The molecule has 17 heavy (non-hydrogen) atoms. The van der Waals surface area contributed by atoms with Gasteiger partial charge in [-0.05, 0) is 38.1 Å². The maximum Gasteiger partial charge on any atom is 0.307 e. The summed E-state index contributed by atoms with van der Waals surface area (Å²) in [6.45, 7) is 5.43. The Morgan fingerprint density at radius 3 is 2.88 bits per heavy atom. The number of carbonyl (C=O) groups excluding carboxylic acids is 1. The average molecular weight is 241 g/mol. The summed E-state index contributed by atoms with van der Waals surface area (Å²) < 4.78 is 4.65. The molecule has 3 atom stereocenters.